The van der Waals surface area contributed by atoms with E-state index in [0.717, 1.165) is 6.07 Å². The van der Waals surface area contributed by atoms with E-state index in [4.69, 9.17) is 10.3 Å². The first-order valence-corrected chi connectivity index (χ1v) is 6.22. The molecule has 5 nitrogen and oxygen atoms in total. The molecule has 20 heavy (non-hydrogen) atoms. The Morgan fingerprint density at radius 3 is 2.80 bits per heavy atom. The minimum absolute atomic E-state index is 0.152. The number of carbonyl (C=O) groups is 1. The molecule has 0 saturated carbocycles. The Morgan fingerprint density at radius 2 is 2.20 bits per heavy atom. The van der Waals surface area contributed by atoms with Crippen molar-refractivity contribution in [2.45, 2.75) is 25.9 Å². The van der Waals surface area contributed by atoms with E-state index in [-0.39, 0.29) is 5.92 Å². The second kappa shape index (κ2) is 7.62. The number of carbonyl (C=O) groups excluding carboxylic acids is 1. The summed E-state index contributed by atoms with van der Waals surface area (Å²) in [6.07, 6.45) is 3.03. The molecule has 0 aliphatic rings. The Labute approximate surface area is 116 Å². The van der Waals surface area contributed by atoms with E-state index in [1.54, 1.807) is 13.0 Å². The number of rotatable bonds is 6. The lowest BCUT2D eigenvalue weighted by atomic mass is 9.93. The zero-order valence-corrected chi connectivity index (χ0v) is 11.1. The lowest BCUT2D eigenvalue weighted by molar-refractivity contribution is -0.124. The van der Waals surface area contributed by atoms with Crippen molar-refractivity contribution < 1.29 is 24.6 Å². The lowest BCUT2D eigenvalue weighted by Gasteiger charge is -2.18. The molecule has 1 aromatic rings. The molecule has 0 bridgehead atoms. The number of phenols is 1. The number of nitrogens with one attached hydrogen (secondary N) is 1. The summed E-state index contributed by atoms with van der Waals surface area (Å²) in [5.41, 5.74) is 1.87. The normalized spacial score (nSPS) is 14.2. The van der Waals surface area contributed by atoms with E-state index in [2.05, 4.69) is 0 Å². The molecule has 2 atom stereocenters. The summed E-state index contributed by atoms with van der Waals surface area (Å²) in [5.74, 6) is -1.99. The summed E-state index contributed by atoms with van der Waals surface area (Å²) >= 11 is 0. The minimum Gasteiger partial charge on any atom is -0.505 e. The molecular formula is C14H18FNO4. The van der Waals surface area contributed by atoms with Crippen LogP contribution in [0.4, 0.5) is 4.39 Å². The van der Waals surface area contributed by atoms with Crippen LogP contribution in [-0.2, 0) is 4.79 Å². The van der Waals surface area contributed by atoms with Gasteiger partial charge in [-0.25, -0.2) is 9.87 Å². The largest absolute Gasteiger partial charge is 0.505 e. The standard InChI is InChI=1S/C14H18FNO4/c1-9(4-2-3-5-13(18)16-20)14(19)10-6-7-12(17)11(15)8-10/h3,5-9,14,17,19-20H,2,4H2,1H3,(H,16,18)/b5-3+/t9-,14-/m1/s1. The van der Waals surface area contributed by atoms with Crippen molar-refractivity contribution in [1.82, 2.24) is 5.48 Å². The number of aliphatic hydroxyl groups is 1. The van der Waals surface area contributed by atoms with Gasteiger partial charge in [0.2, 0.25) is 0 Å². The fraction of sp³-hybridized carbons (Fsp3) is 0.357. The smallest absolute Gasteiger partial charge is 0.267 e. The van der Waals surface area contributed by atoms with Crippen LogP contribution in [0.2, 0.25) is 0 Å². The van der Waals surface area contributed by atoms with Crippen LogP contribution in [0.1, 0.15) is 31.4 Å². The molecule has 0 spiro atoms. The van der Waals surface area contributed by atoms with Gasteiger partial charge >= 0.3 is 0 Å². The van der Waals surface area contributed by atoms with E-state index < -0.39 is 23.6 Å². The maximum Gasteiger partial charge on any atom is 0.267 e. The molecule has 1 amide bonds. The average molecular weight is 283 g/mol. The highest BCUT2D eigenvalue weighted by molar-refractivity contribution is 5.86. The van der Waals surface area contributed by atoms with Crippen molar-refractivity contribution >= 4 is 5.91 Å². The van der Waals surface area contributed by atoms with Crippen LogP contribution < -0.4 is 5.48 Å². The van der Waals surface area contributed by atoms with Gasteiger partial charge in [-0.3, -0.25) is 10.0 Å². The third-order valence-electron chi connectivity index (χ3n) is 3.02. The molecule has 0 radical (unpaired) electrons. The van der Waals surface area contributed by atoms with Crippen LogP contribution >= 0.6 is 0 Å². The van der Waals surface area contributed by atoms with Crippen molar-refractivity contribution in [3.8, 4) is 5.75 Å². The highest BCUT2D eigenvalue weighted by Gasteiger charge is 2.17. The van der Waals surface area contributed by atoms with Crippen LogP contribution in [0.15, 0.2) is 30.4 Å². The number of benzene rings is 1. The number of hydroxylamine groups is 1. The number of hydrogen-bond donors (Lipinski definition) is 4. The number of amides is 1. The lowest BCUT2D eigenvalue weighted by Crippen LogP contribution is -2.15. The predicted octanol–water partition coefficient (Wildman–Crippen LogP) is 2.04. The summed E-state index contributed by atoms with van der Waals surface area (Å²) in [5, 5.41) is 27.4. The van der Waals surface area contributed by atoms with Gasteiger partial charge in [-0.05, 0) is 36.5 Å². The summed E-state index contributed by atoms with van der Waals surface area (Å²) in [7, 11) is 0. The van der Waals surface area contributed by atoms with Gasteiger partial charge in [0, 0.05) is 6.08 Å². The minimum atomic E-state index is -0.856. The summed E-state index contributed by atoms with van der Waals surface area (Å²) in [6.45, 7) is 1.80. The monoisotopic (exact) mass is 283 g/mol. The van der Waals surface area contributed by atoms with Crippen molar-refractivity contribution in [3.05, 3.63) is 41.7 Å². The van der Waals surface area contributed by atoms with Crippen LogP contribution in [0, 0.1) is 11.7 Å². The highest BCUT2D eigenvalue weighted by Crippen LogP contribution is 2.28. The second-order valence-electron chi connectivity index (χ2n) is 4.59. The fourth-order valence-corrected chi connectivity index (χ4v) is 1.78. The van der Waals surface area contributed by atoms with Crippen molar-refractivity contribution in [2.75, 3.05) is 0 Å². The molecular weight excluding hydrogens is 265 g/mol. The first-order valence-electron chi connectivity index (χ1n) is 6.22. The van der Waals surface area contributed by atoms with Crippen LogP contribution in [0.3, 0.4) is 0 Å². The molecule has 6 heteroatoms. The Morgan fingerprint density at radius 1 is 1.50 bits per heavy atom. The first-order chi connectivity index (χ1) is 9.45. The summed E-state index contributed by atoms with van der Waals surface area (Å²) in [6, 6.07) is 3.77. The van der Waals surface area contributed by atoms with Crippen LogP contribution in [0.5, 0.6) is 5.75 Å². The fourth-order valence-electron chi connectivity index (χ4n) is 1.78. The van der Waals surface area contributed by atoms with Crippen LogP contribution in [-0.4, -0.2) is 21.3 Å². The van der Waals surface area contributed by atoms with Gasteiger partial charge in [0.1, 0.15) is 0 Å². The molecule has 0 fully saturated rings. The van der Waals surface area contributed by atoms with Gasteiger partial charge in [-0.2, -0.15) is 0 Å². The molecule has 0 aliphatic carbocycles. The quantitative estimate of drug-likeness (QED) is 0.365. The Kier molecular flexibility index (Phi) is 6.14. The molecule has 0 aliphatic heterocycles. The van der Waals surface area contributed by atoms with E-state index in [9.17, 15) is 14.3 Å². The summed E-state index contributed by atoms with van der Waals surface area (Å²) in [4.78, 5) is 10.7. The van der Waals surface area contributed by atoms with Crippen molar-refractivity contribution in [2.24, 2.45) is 5.92 Å². The number of aliphatic hydroxyl groups excluding tert-OH is 1. The average Bonchev–Trinajstić information content (AvgIpc) is 2.45. The van der Waals surface area contributed by atoms with Gasteiger partial charge in [0.25, 0.3) is 5.91 Å². The van der Waals surface area contributed by atoms with E-state index in [1.807, 2.05) is 0 Å². The van der Waals surface area contributed by atoms with Crippen molar-refractivity contribution in [3.63, 3.8) is 0 Å². The van der Waals surface area contributed by atoms with E-state index in [1.165, 1.54) is 23.7 Å². The first kappa shape index (κ1) is 16.1. The maximum absolute atomic E-state index is 13.2. The molecule has 110 valence electrons. The van der Waals surface area contributed by atoms with Gasteiger partial charge in [0.05, 0.1) is 6.10 Å². The topological polar surface area (TPSA) is 89.8 Å². The second-order valence-corrected chi connectivity index (χ2v) is 4.59. The number of phenolic OH excluding ortho intramolecular Hbond substituents is 1. The molecule has 4 N–H and O–H groups in total. The zero-order valence-electron chi connectivity index (χ0n) is 11.1. The molecule has 0 aromatic heterocycles. The molecule has 1 rings (SSSR count). The van der Waals surface area contributed by atoms with Crippen LogP contribution in [0.25, 0.3) is 0 Å². The maximum atomic E-state index is 13.2. The summed E-state index contributed by atoms with van der Waals surface area (Å²) < 4.78 is 13.2. The molecule has 1 aromatic carbocycles. The predicted molar refractivity (Wildman–Crippen MR) is 70.5 cm³/mol. The van der Waals surface area contributed by atoms with E-state index >= 15 is 0 Å². The number of aromatic hydroxyl groups is 1. The Bertz CT molecular complexity index is 490. The number of halogens is 1. The SMILES string of the molecule is C[C@H](CC/C=C/C(=O)NO)[C@@H](O)c1ccc(O)c(F)c1. The van der Waals surface area contributed by atoms with E-state index in [0.29, 0.717) is 18.4 Å². The van der Waals surface area contributed by atoms with Gasteiger partial charge in [0.15, 0.2) is 11.6 Å². The Hall–Kier alpha value is -1.92. The molecule has 0 saturated heterocycles. The van der Waals surface area contributed by atoms with Gasteiger partial charge in [-0.15, -0.1) is 0 Å². The molecule has 0 unspecified atom stereocenters. The number of hydrogen-bond acceptors (Lipinski definition) is 4. The molecule has 0 heterocycles. The third kappa shape index (κ3) is 4.64. The zero-order chi connectivity index (χ0) is 15.1. The van der Waals surface area contributed by atoms with Crippen molar-refractivity contribution in [1.29, 1.82) is 0 Å². The number of allylic oxidation sites excluding steroid dienone is 1. The Balaban J connectivity index is 2.54. The third-order valence-corrected chi connectivity index (χ3v) is 3.02. The van der Waals surface area contributed by atoms with Gasteiger partial charge in [-0.1, -0.05) is 19.1 Å². The highest BCUT2D eigenvalue weighted by atomic mass is 19.1. The van der Waals surface area contributed by atoms with Gasteiger partial charge < -0.3 is 10.2 Å².